The first-order valence-electron chi connectivity index (χ1n) is 4.29. The Morgan fingerprint density at radius 1 is 1.50 bits per heavy atom. The predicted octanol–water partition coefficient (Wildman–Crippen LogP) is 2.44. The largest absolute Gasteiger partial charge is 0.502 e. The molecule has 0 spiro atoms. The lowest BCUT2D eigenvalue weighted by Crippen LogP contribution is -2.05. The third kappa shape index (κ3) is 4.83. The topological polar surface area (TPSA) is 21.3 Å². The summed E-state index contributed by atoms with van der Waals surface area (Å²) in [6.45, 7) is 5.80. The summed E-state index contributed by atoms with van der Waals surface area (Å²) >= 11 is 0. The molecule has 1 N–H and O–H groups in total. The lowest BCUT2D eigenvalue weighted by atomic mass is 10.2. The molecule has 0 amide bonds. The summed E-state index contributed by atoms with van der Waals surface area (Å²) in [6.07, 6.45) is 5.19. The summed E-state index contributed by atoms with van der Waals surface area (Å²) in [5.41, 5.74) is 1.28. The molecule has 0 aliphatic rings. The summed E-state index contributed by atoms with van der Waals surface area (Å²) < 4.78 is 4.96. The van der Waals surface area contributed by atoms with Gasteiger partial charge in [0.2, 0.25) is 0 Å². The van der Waals surface area contributed by atoms with Crippen LogP contribution in [0.25, 0.3) is 0 Å². The minimum Gasteiger partial charge on any atom is -0.502 e. The van der Waals surface area contributed by atoms with E-state index >= 15 is 0 Å². The van der Waals surface area contributed by atoms with Gasteiger partial charge in [-0.1, -0.05) is 12.7 Å². The molecule has 0 fully saturated rings. The Balaban J connectivity index is 3.48. The molecule has 0 aromatic heterocycles. The Morgan fingerprint density at radius 2 is 2.17 bits per heavy atom. The van der Waals surface area contributed by atoms with Gasteiger partial charge in [0.15, 0.2) is 0 Å². The van der Waals surface area contributed by atoms with Crippen LogP contribution in [0.5, 0.6) is 0 Å². The molecule has 0 bridgehead atoms. The summed E-state index contributed by atoms with van der Waals surface area (Å²) in [7, 11) is 3.61. The van der Waals surface area contributed by atoms with E-state index in [2.05, 4.69) is 18.0 Å². The smallest absolute Gasteiger partial charge is 0.0884 e. The molecule has 0 saturated heterocycles. The van der Waals surface area contributed by atoms with E-state index in [0.717, 1.165) is 25.0 Å². The van der Waals surface area contributed by atoms with Crippen molar-refractivity contribution in [2.45, 2.75) is 26.2 Å². The van der Waals surface area contributed by atoms with E-state index in [-0.39, 0.29) is 0 Å². The molecule has 0 atom stereocenters. The molecule has 0 heterocycles. The average molecular weight is 169 g/mol. The molecule has 0 radical (unpaired) electrons. The van der Waals surface area contributed by atoms with Crippen LogP contribution in [0.3, 0.4) is 0 Å². The van der Waals surface area contributed by atoms with Crippen LogP contribution in [0, 0.1) is 0 Å². The Hall–Kier alpha value is -0.920. The molecule has 2 heteroatoms. The van der Waals surface area contributed by atoms with Gasteiger partial charge in [0.05, 0.1) is 12.9 Å². The van der Waals surface area contributed by atoms with Gasteiger partial charge in [0, 0.05) is 19.2 Å². The highest BCUT2D eigenvalue weighted by molar-refractivity contribution is 4.97. The zero-order chi connectivity index (χ0) is 9.40. The molecule has 12 heavy (non-hydrogen) atoms. The summed E-state index contributed by atoms with van der Waals surface area (Å²) in [6, 6.07) is 0. The number of allylic oxidation sites excluding steroid dienone is 3. The SMILES string of the molecule is C=C(CCC/C(=C\C)NC)OC. The van der Waals surface area contributed by atoms with Crippen LogP contribution in [-0.2, 0) is 4.74 Å². The van der Waals surface area contributed by atoms with Crippen molar-refractivity contribution in [1.29, 1.82) is 0 Å². The van der Waals surface area contributed by atoms with Crippen LogP contribution in [0.4, 0.5) is 0 Å². The third-order valence-corrected chi connectivity index (χ3v) is 1.86. The fraction of sp³-hybridized carbons (Fsp3) is 0.600. The number of rotatable bonds is 6. The van der Waals surface area contributed by atoms with Gasteiger partial charge < -0.3 is 10.1 Å². The van der Waals surface area contributed by atoms with Crippen molar-refractivity contribution in [1.82, 2.24) is 5.32 Å². The predicted molar refractivity (Wildman–Crippen MR) is 52.8 cm³/mol. The molecule has 2 nitrogen and oxygen atoms in total. The summed E-state index contributed by atoms with van der Waals surface area (Å²) in [5.74, 6) is 0.863. The molecule has 0 unspecified atom stereocenters. The van der Waals surface area contributed by atoms with Crippen molar-refractivity contribution in [3.8, 4) is 0 Å². The van der Waals surface area contributed by atoms with E-state index in [1.54, 1.807) is 7.11 Å². The quantitative estimate of drug-likeness (QED) is 0.617. The minimum absolute atomic E-state index is 0.863. The molecule has 0 aliphatic heterocycles. The first kappa shape index (κ1) is 11.1. The van der Waals surface area contributed by atoms with Crippen LogP contribution in [0.15, 0.2) is 24.1 Å². The van der Waals surface area contributed by atoms with Gasteiger partial charge in [-0.3, -0.25) is 0 Å². The van der Waals surface area contributed by atoms with Gasteiger partial charge in [0.25, 0.3) is 0 Å². The summed E-state index contributed by atoms with van der Waals surface area (Å²) in [5, 5.41) is 3.13. The van der Waals surface area contributed by atoms with Crippen molar-refractivity contribution in [2.75, 3.05) is 14.2 Å². The second-order valence-corrected chi connectivity index (χ2v) is 2.66. The van der Waals surface area contributed by atoms with Gasteiger partial charge in [-0.05, 0) is 19.8 Å². The maximum absolute atomic E-state index is 4.96. The third-order valence-electron chi connectivity index (χ3n) is 1.86. The molecule has 0 saturated carbocycles. The summed E-state index contributed by atoms with van der Waals surface area (Å²) in [4.78, 5) is 0. The monoisotopic (exact) mass is 169 g/mol. The van der Waals surface area contributed by atoms with Crippen molar-refractivity contribution >= 4 is 0 Å². The van der Waals surface area contributed by atoms with Crippen LogP contribution >= 0.6 is 0 Å². The van der Waals surface area contributed by atoms with Gasteiger partial charge in [-0.25, -0.2) is 0 Å². The average Bonchev–Trinajstić information content (AvgIpc) is 2.12. The van der Waals surface area contributed by atoms with Crippen LogP contribution in [0.2, 0.25) is 0 Å². The van der Waals surface area contributed by atoms with Gasteiger partial charge in [-0.15, -0.1) is 0 Å². The first-order valence-corrected chi connectivity index (χ1v) is 4.29. The Labute approximate surface area is 75.3 Å². The number of ether oxygens (including phenoxy) is 1. The lowest BCUT2D eigenvalue weighted by Gasteiger charge is -2.06. The van der Waals surface area contributed by atoms with E-state index < -0.39 is 0 Å². The first-order chi connectivity index (χ1) is 5.74. The van der Waals surface area contributed by atoms with Crippen molar-refractivity contribution < 1.29 is 4.74 Å². The van der Waals surface area contributed by atoms with Gasteiger partial charge in [0.1, 0.15) is 0 Å². The van der Waals surface area contributed by atoms with E-state index in [1.165, 1.54) is 5.70 Å². The molecular weight excluding hydrogens is 150 g/mol. The van der Waals surface area contributed by atoms with E-state index in [4.69, 9.17) is 4.74 Å². The highest BCUT2D eigenvalue weighted by atomic mass is 16.5. The number of nitrogens with one attached hydrogen (secondary N) is 1. The Kier molecular flexibility index (Phi) is 6.25. The number of hydrogen-bond acceptors (Lipinski definition) is 2. The minimum atomic E-state index is 0.863. The highest BCUT2D eigenvalue weighted by Gasteiger charge is 1.95. The highest BCUT2D eigenvalue weighted by Crippen LogP contribution is 2.09. The Bertz CT molecular complexity index is 161. The molecule has 0 rings (SSSR count). The molecule has 0 aliphatic carbocycles. The fourth-order valence-electron chi connectivity index (χ4n) is 0.992. The van der Waals surface area contributed by atoms with Crippen LogP contribution < -0.4 is 5.32 Å². The van der Waals surface area contributed by atoms with Gasteiger partial charge in [-0.2, -0.15) is 0 Å². The molecule has 70 valence electrons. The maximum Gasteiger partial charge on any atom is 0.0884 e. The fourth-order valence-corrected chi connectivity index (χ4v) is 0.992. The molecule has 0 aromatic rings. The normalized spacial score (nSPS) is 11.1. The van der Waals surface area contributed by atoms with Gasteiger partial charge >= 0.3 is 0 Å². The van der Waals surface area contributed by atoms with Crippen molar-refractivity contribution in [3.63, 3.8) is 0 Å². The zero-order valence-electron chi connectivity index (χ0n) is 8.31. The molecular formula is C10H19NO. The zero-order valence-corrected chi connectivity index (χ0v) is 8.31. The number of hydrogen-bond donors (Lipinski definition) is 1. The van der Waals surface area contributed by atoms with E-state index in [9.17, 15) is 0 Å². The van der Waals surface area contributed by atoms with Crippen molar-refractivity contribution in [3.05, 3.63) is 24.1 Å². The second-order valence-electron chi connectivity index (χ2n) is 2.66. The standard InChI is InChI=1S/C10H19NO/c1-5-10(11-3)8-6-7-9(2)12-4/h5,11H,2,6-8H2,1,3-4H3/b10-5+. The van der Waals surface area contributed by atoms with E-state index in [1.807, 2.05) is 14.0 Å². The van der Waals surface area contributed by atoms with Crippen molar-refractivity contribution in [2.24, 2.45) is 0 Å². The lowest BCUT2D eigenvalue weighted by molar-refractivity contribution is 0.277. The Morgan fingerprint density at radius 3 is 2.58 bits per heavy atom. The number of methoxy groups -OCH3 is 1. The van der Waals surface area contributed by atoms with Crippen LogP contribution in [0.1, 0.15) is 26.2 Å². The van der Waals surface area contributed by atoms with E-state index in [0.29, 0.717) is 0 Å². The van der Waals surface area contributed by atoms with Crippen LogP contribution in [-0.4, -0.2) is 14.2 Å². The molecule has 0 aromatic carbocycles. The maximum atomic E-state index is 4.96. The second kappa shape index (κ2) is 6.77.